The predicted molar refractivity (Wildman–Crippen MR) is 86.6 cm³/mol. The molecule has 0 spiro atoms. The summed E-state index contributed by atoms with van der Waals surface area (Å²) >= 11 is 0. The number of hydrogen-bond donors (Lipinski definition) is 2. The zero-order valence-corrected chi connectivity index (χ0v) is 14.2. The molecule has 0 fully saturated rings. The molecular weight excluding hydrogens is 248 g/mol. The lowest BCUT2D eigenvalue weighted by Crippen LogP contribution is -2.41. The second-order valence-corrected chi connectivity index (χ2v) is 7.50. The van der Waals surface area contributed by atoms with Gasteiger partial charge in [0.05, 0.1) is 5.41 Å². The minimum Gasteiger partial charge on any atom is -0.362 e. The summed E-state index contributed by atoms with van der Waals surface area (Å²) in [5.74, 6) is 0. The number of nitrogens with zero attached hydrogens (tertiary/aromatic N) is 2. The van der Waals surface area contributed by atoms with Crippen molar-refractivity contribution in [3.63, 3.8) is 0 Å². The van der Waals surface area contributed by atoms with Gasteiger partial charge in [-0.25, -0.2) is 0 Å². The van der Waals surface area contributed by atoms with Crippen LogP contribution >= 0.6 is 0 Å². The quantitative estimate of drug-likeness (QED) is 0.386. The van der Waals surface area contributed by atoms with E-state index < -0.39 is 0 Å². The summed E-state index contributed by atoms with van der Waals surface area (Å²) in [5, 5.41) is 0. The van der Waals surface area contributed by atoms with Crippen LogP contribution in [0.4, 0.5) is 0 Å². The Labute approximate surface area is 124 Å². The number of rotatable bonds is 9. The van der Waals surface area contributed by atoms with Gasteiger partial charge in [0.15, 0.2) is 0 Å². The molecular formula is C16H34N4. The standard InChI is InChI=1S/C16H34N4/c1-7-10-15(3,4)14(20-19)9-8-13(18)16(5,6)11-12(2)17/h12-13H,7-11,17-18H2,1-6H3. The molecule has 0 aliphatic heterocycles. The maximum absolute atomic E-state index is 9.28. The third-order valence-corrected chi connectivity index (χ3v) is 4.32. The first kappa shape index (κ1) is 19.3. The molecule has 2 unspecified atom stereocenters. The monoisotopic (exact) mass is 282 g/mol. The SMILES string of the molecule is CCCC(C)(C)C(CCC(N)C(C)(C)CC(C)N)=[N+]=[N-]. The molecule has 0 rings (SSSR count). The van der Waals surface area contributed by atoms with Crippen molar-refractivity contribution in [3.05, 3.63) is 5.53 Å². The van der Waals surface area contributed by atoms with Gasteiger partial charge in [0, 0.05) is 18.5 Å². The molecule has 0 bridgehead atoms. The molecule has 0 aromatic carbocycles. The molecule has 0 aromatic rings. The van der Waals surface area contributed by atoms with Gasteiger partial charge in [-0.15, -0.1) is 0 Å². The first-order valence-corrected chi connectivity index (χ1v) is 7.79. The summed E-state index contributed by atoms with van der Waals surface area (Å²) in [7, 11) is 0. The maximum atomic E-state index is 9.28. The van der Waals surface area contributed by atoms with Crippen LogP contribution in [0.2, 0.25) is 0 Å². The van der Waals surface area contributed by atoms with Crippen LogP contribution in [0.25, 0.3) is 5.53 Å². The number of nitrogens with two attached hydrogens (primary N) is 2. The highest BCUT2D eigenvalue weighted by Crippen LogP contribution is 2.30. The van der Waals surface area contributed by atoms with Gasteiger partial charge in [-0.3, -0.25) is 0 Å². The van der Waals surface area contributed by atoms with Gasteiger partial charge in [0.2, 0.25) is 0 Å². The maximum Gasteiger partial charge on any atom is 0.274 e. The van der Waals surface area contributed by atoms with E-state index in [-0.39, 0.29) is 22.9 Å². The Hall–Kier alpha value is -0.700. The summed E-state index contributed by atoms with van der Waals surface area (Å²) in [6.07, 6.45) is 4.57. The second-order valence-electron chi connectivity index (χ2n) is 7.50. The van der Waals surface area contributed by atoms with Crippen LogP contribution in [0.5, 0.6) is 0 Å². The number of hydrogen-bond acceptors (Lipinski definition) is 2. The second kappa shape index (κ2) is 7.92. The van der Waals surface area contributed by atoms with Crippen LogP contribution in [-0.2, 0) is 0 Å². The lowest BCUT2D eigenvalue weighted by molar-refractivity contribution is -0.0231. The molecule has 0 heterocycles. The first-order chi connectivity index (χ1) is 9.06. The summed E-state index contributed by atoms with van der Waals surface area (Å²) in [4.78, 5) is 3.53. The Kier molecular flexibility index (Phi) is 7.64. The van der Waals surface area contributed by atoms with Crippen molar-refractivity contribution >= 4 is 5.71 Å². The Morgan fingerprint density at radius 2 is 1.75 bits per heavy atom. The van der Waals surface area contributed by atoms with Crippen LogP contribution < -0.4 is 11.5 Å². The fraction of sp³-hybridized carbons (Fsp3) is 0.938. The van der Waals surface area contributed by atoms with Crippen molar-refractivity contribution in [2.75, 3.05) is 0 Å². The summed E-state index contributed by atoms with van der Waals surface area (Å²) in [5.41, 5.74) is 22.3. The van der Waals surface area contributed by atoms with E-state index >= 15 is 0 Å². The average molecular weight is 282 g/mol. The average Bonchev–Trinajstić information content (AvgIpc) is 2.27. The first-order valence-electron chi connectivity index (χ1n) is 7.79. The third kappa shape index (κ3) is 6.17. The molecule has 0 aliphatic rings. The van der Waals surface area contributed by atoms with E-state index in [4.69, 9.17) is 11.5 Å². The van der Waals surface area contributed by atoms with Gasteiger partial charge in [-0.2, -0.15) is 4.79 Å². The highest BCUT2D eigenvalue weighted by molar-refractivity contribution is 5.84. The van der Waals surface area contributed by atoms with Crippen LogP contribution in [-0.4, -0.2) is 22.6 Å². The summed E-state index contributed by atoms with van der Waals surface area (Å²) in [6.45, 7) is 12.7. The molecule has 0 saturated carbocycles. The van der Waals surface area contributed by atoms with Gasteiger partial charge in [-0.05, 0) is 45.4 Å². The fourth-order valence-corrected chi connectivity index (χ4v) is 2.96. The Balaban J connectivity index is 4.63. The molecule has 0 saturated heterocycles. The van der Waals surface area contributed by atoms with Gasteiger partial charge in [-0.1, -0.05) is 27.2 Å². The normalized spacial score (nSPS) is 15.6. The van der Waals surface area contributed by atoms with Crippen molar-refractivity contribution in [2.24, 2.45) is 22.3 Å². The van der Waals surface area contributed by atoms with Crippen LogP contribution in [0.15, 0.2) is 0 Å². The molecule has 2 atom stereocenters. The van der Waals surface area contributed by atoms with E-state index in [0.717, 1.165) is 37.8 Å². The lowest BCUT2D eigenvalue weighted by Gasteiger charge is -2.33. The summed E-state index contributed by atoms with van der Waals surface area (Å²) < 4.78 is 0. The Morgan fingerprint density at radius 3 is 2.15 bits per heavy atom. The smallest absolute Gasteiger partial charge is 0.274 e. The highest BCUT2D eigenvalue weighted by Gasteiger charge is 2.34. The largest absolute Gasteiger partial charge is 0.362 e. The summed E-state index contributed by atoms with van der Waals surface area (Å²) in [6, 6.07) is 0.209. The van der Waals surface area contributed by atoms with Crippen LogP contribution in [0.1, 0.15) is 73.6 Å². The Bertz CT molecular complexity index is 338. The van der Waals surface area contributed by atoms with E-state index in [1.807, 2.05) is 6.92 Å². The van der Waals surface area contributed by atoms with Crippen molar-refractivity contribution < 1.29 is 4.79 Å². The Morgan fingerprint density at radius 1 is 1.20 bits per heavy atom. The molecule has 0 aliphatic carbocycles. The van der Waals surface area contributed by atoms with Gasteiger partial charge < -0.3 is 17.0 Å². The molecule has 0 radical (unpaired) electrons. The third-order valence-electron chi connectivity index (χ3n) is 4.32. The van der Waals surface area contributed by atoms with Gasteiger partial charge >= 0.3 is 0 Å². The topological polar surface area (TPSA) is 88.4 Å². The van der Waals surface area contributed by atoms with Crippen LogP contribution in [0, 0.1) is 10.8 Å². The van der Waals surface area contributed by atoms with Crippen molar-refractivity contribution in [1.82, 2.24) is 0 Å². The molecule has 0 aromatic heterocycles. The molecule has 118 valence electrons. The van der Waals surface area contributed by atoms with Crippen molar-refractivity contribution in [1.29, 1.82) is 0 Å². The predicted octanol–water partition coefficient (Wildman–Crippen LogP) is 3.35. The van der Waals surface area contributed by atoms with E-state index in [1.165, 1.54) is 0 Å². The molecule has 20 heavy (non-hydrogen) atoms. The zero-order valence-electron chi connectivity index (χ0n) is 14.2. The van der Waals surface area contributed by atoms with E-state index in [0.29, 0.717) is 0 Å². The lowest BCUT2D eigenvalue weighted by atomic mass is 9.75. The van der Waals surface area contributed by atoms with Gasteiger partial charge in [0.25, 0.3) is 5.71 Å². The minimum atomic E-state index is -0.0610. The highest BCUT2D eigenvalue weighted by atomic mass is 14.9. The molecule has 4 heteroatoms. The van der Waals surface area contributed by atoms with E-state index in [1.54, 1.807) is 0 Å². The molecule has 0 amide bonds. The van der Waals surface area contributed by atoms with Crippen molar-refractivity contribution in [3.8, 4) is 0 Å². The zero-order chi connectivity index (χ0) is 16.0. The van der Waals surface area contributed by atoms with E-state index in [9.17, 15) is 5.53 Å². The van der Waals surface area contributed by atoms with Gasteiger partial charge in [0.1, 0.15) is 0 Å². The van der Waals surface area contributed by atoms with Crippen molar-refractivity contribution in [2.45, 2.75) is 85.7 Å². The van der Waals surface area contributed by atoms with E-state index in [2.05, 4.69) is 39.4 Å². The molecule has 4 nitrogen and oxygen atoms in total. The fourth-order valence-electron chi connectivity index (χ4n) is 2.96. The minimum absolute atomic E-state index is 0.00360. The molecule has 4 N–H and O–H groups in total. The van der Waals surface area contributed by atoms with Crippen LogP contribution in [0.3, 0.4) is 0 Å².